The van der Waals surface area contributed by atoms with Crippen LogP contribution >= 0.6 is 0 Å². The topological polar surface area (TPSA) is 38.1 Å². The number of piperidine rings is 1. The number of amides is 1. The van der Waals surface area contributed by atoms with E-state index in [9.17, 15) is 4.79 Å². The van der Waals surface area contributed by atoms with E-state index in [2.05, 4.69) is 27.6 Å². The van der Waals surface area contributed by atoms with Crippen LogP contribution in [0.3, 0.4) is 0 Å². The second kappa shape index (κ2) is 7.30. The van der Waals surface area contributed by atoms with Crippen molar-refractivity contribution in [3.05, 3.63) is 18.2 Å². The third-order valence-corrected chi connectivity index (χ3v) is 5.45. The quantitative estimate of drug-likeness (QED) is 0.856. The highest BCUT2D eigenvalue weighted by Crippen LogP contribution is 2.28. The second-order valence-electron chi connectivity index (χ2n) is 6.95. The van der Waals surface area contributed by atoms with Gasteiger partial charge in [0, 0.05) is 44.4 Å². The number of likely N-dealkylation sites (tertiary alicyclic amines) is 1. The van der Waals surface area contributed by atoms with E-state index in [1.54, 1.807) is 0 Å². The molecule has 1 aliphatic heterocycles. The average Bonchev–Trinajstić information content (AvgIpc) is 3.03. The molecule has 1 saturated heterocycles. The number of imidazole rings is 1. The van der Waals surface area contributed by atoms with Crippen molar-refractivity contribution in [2.75, 3.05) is 13.1 Å². The van der Waals surface area contributed by atoms with Crippen LogP contribution in [0.4, 0.5) is 0 Å². The van der Waals surface area contributed by atoms with Crippen molar-refractivity contribution in [1.29, 1.82) is 0 Å². The molecule has 1 aromatic heterocycles. The number of aromatic nitrogens is 2. The highest BCUT2D eigenvalue weighted by atomic mass is 16.2. The molecule has 1 saturated carbocycles. The minimum atomic E-state index is 0.325. The zero-order chi connectivity index (χ0) is 15.4. The molecule has 0 bridgehead atoms. The molecular formula is C18H29N3O. The Labute approximate surface area is 133 Å². The van der Waals surface area contributed by atoms with Crippen molar-refractivity contribution in [1.82, 2.24) is 14.5 Å². The molecule has 3 rings (SSSR count). The summed E-state index contributed by atoms with van der Waals surface area (Å²) >= 11 is 0. The first kappa shape index (κ1) is 15.6. The molecule has 4 nitrogen and oxygen atoms in total. The summed E-state index contributed by atoms with van der Waals surface area (Å²) in [7, 11) is 0. The fourth-order valence-corrected chi connectivity index (χ4v) is 4.04. The fraction of sp³-hybridized carbons (Fsp3) is 0.778. The molecule has 2 fully saturated rings. The number of rotatable bonds is 4. The van der Waals surface area contributed by atoms with Crippen LogP contribution in [0.1, 0.15) is 57.7 Å². The van der Waals surface area contributed by atoms with Crippen LogP contribution in [0.5, 0.6) is 0 Å². The van der Waals surface area contributed by atoms with Crippen molar-refractivity contribution in [3.8, 4) is 0 Å². The Bertz CT molecular complexity index is 482. The van der Waals surface area contributed by atoms with E-state index in [0.717, 1.165) is 51.7 Å². The molecule has 0 unspecified atom stereocenters. The van der Waals surface area contributed by atoms with E-state index in [0.29, 0.717) is 17.7 Å². The van der Waals surface area contributed by atoms with Gasteiger partial charge in [-0.3, -0.25) is 4.79 Å². The van der Waals surface area contributed by atoms with Crippen molar-refractivity contribution >= 4 is 5.91 Å². The summed E-state index contributed by atoms with van der Waals surface area (Å²) in [4.78, 5) is 19.1. The second-order valence-corrected chi connectivity index (χ2v) is 6.95. The summed E-state index contributed by atoms with van der Waals surface area (Å²) in [5.41, 5.74) is 0. The van der Waals surface area contributed by atoms with Crippen LogP contribution in [-0.4, -0.2) is 33.4 Å². The van der Waals surface area contributed by atoms with Crippen LogP contribution < -0.4 is 0 Å². The molecule has 0 radical (unpaired) electrons. The first-order valence-corrected chi connectivity index (χ1v) is 9.06. The van der Waals surface area contributed by atoms with E-state index in [4.69, 9.17) is 0 Å². The third kappa shape index (κ3) is 3.53. The lowest BCUT2D eigenvalue weighted by Crippen LogP contribution is -2.42. The Hall–Kier alpha value is -1.32. The van der Waals surface area contributed by atoms with Crippen LogP contribution in [0.25, 0.3) is 0 Å². The summed E-state index contributed by atoms with van der Waals surface area (Å²) in [6, 6.07) is 0. The molecule has 0 atom stereocenters. The molecule has 22 heavy (non-hydrogen) atoms. The number of carbonyl (C=O) groups is 1. The molecule has 0 N–H and O–H groups in total. The first-order chi connectivity index (χ1) is 10.8. The molecule has 1 aliphatic carbocycles. The van der Waals surface area contributed by atoms with Crippen molar-refractivity contribution in [2.45, 2.75) is 64.8 Å². The highest BCUT2D eigenvalue weighted by molar-refractivity contribution is 5.79. The smallest absolute Gasteiger partial charge is 0.225 e. The Balaban J connectivity index is 1.48. The summed E-state index contributed by atoms with van der Waals surface area (Å²) in [5.74, 6) is 2.64. The molecule has 4 heteroatoms. The zero-order valence-electron chi connectivity index (χ0n) is 13.8. The van der Waals surface area contributed by atoms with Crippen molar-refractivity contribution in [3.63, 3.8) is 0 Å². The number of nitrogens with zero attached hydrogens (tertiary/aromatic N) is 3. The lowest BCUT2D eigenvalue weighted by atomic mass is 9.87. The van der Waals surface area contributed by atoms with Crippen molar-refractivity contribution < 1.29 is 4.79 Å². The number of aryl methyl sites for hydroxylation is 1. The van der Waals surface area contributed by atoms with Gasteiger partial charge in [0.05, 0.1) is 0 Å². The molecule has 122 valence electrons. The normalized spacial score (nSPS) is 21.2. The number of hydrogen-bond donors (Lipinski definition) is 0. The van der Waals surface area contributed by atoms with Gasteiger partial charge in [0.1, 0.15) is 5.82 Å². The van der Waals surface area contributed by atoms with E-state index in [1.807, 2.05) is 6.20 Å². The van der Waals surface area contributed by atoms with Crippen molar-refractivity contribution in [2.24, 2.45) is 11.8 Å². The standard InChI is InChI=1S/C18H29N3O/c1-2-17-19-10-13-21(17)14-15-8-11-20(12-9-15)18(22)16-6-4-3-5-7-16/h10,13,15-16H,2-9,11-12,14H2,1H3. The lowest BCUT2D eigenvalue weighted by Gasteiger charge is -2.35. The lowest BCUT2D eigenvalue weighted by molar-refractivity contribution is -0.138. The molecular weight excluding hydrogens is 274 g/mol. The largest absolute Gasteiger partial charge is 0.342 e. The van der Waals surface area contributed by atoms with E-state index >= 15 is 0 Å². The molecule has 0 aromatic carbocycles. The SMILES string of the molecule is CCc1nccn1CC1CCN(C(=O)C2CCCCC2)CC1. The van der Waals surface area contributed by atoms with Gasteiger partial charge < -0.3 is 9.47 Å². The molecule has 1 aromatic rings. The van der Waals surface area contributed by atoms with Crippen LogP contribution in [0.2, 0.25) is 0 Å². The summed E-state index contributed by atoms with van der Waals surface area (Å²) < 4.78 is 2.29. The maximum atomic E-state index is 12.6. The number of carbonyl (C=O) groups excluding carboxylic acids is 1. The summed E-state index contributed by atoms with van der Waals surface area (Å²) in [6.07, 6.45) is 13.3. The highest BCUT2D eigenvalue weighted by Gasteiger charge is 2.29. The van der Waals surface area contributed by atoms with E-state index in [-0.39, 0.29) is 0 Å². The molecule has 2 heterocycles. The minimum Gasteiger partial charge on any atom is -0.342 e. The summed E-state index contributed by atoms with van der Waals surface area (Å²) in [5, 5.41) is 0. The summed E-state index contributed by atoms with van der Waals surface area (Å²) in [6.45, 7) is 5.13. The molecule has 2 aliphatic rings. The number of hydrogen-bond acceptors (Lipinski definition) is 2. The van der Waals surface area contributed by atoms with E-state index < -0.39 is 0 Å². The van der Waals surface area contributed by atoms with Gasteiger partial charge in [0.2, 0.25) is 5.91 Å². The van der Waals surface area contributed by atoms with Crippen LogP contribution in [0.15, 0.2) is 12.4 Å². The average molecular weight is 303 g/mol. The maximum Gasteiger partial charge on any atom is 0.225 e. The van der Waals surface area contributed by atoms with Gasteiger partial charge in [-0.25, -0.2) is 4.98 Å². The van der Waals surface area contributed by atoms with Gasteiger partial charge in [0.25, 0.3) is 0 Å². The Morgan fingerprint density at radius 2 is 1.91 bits per heavy atom. The molecule has 1 amide bonds. The molecule has 0 spiro atoms. The Morgan fingerprint density at radius 1 is 1.18 bits per heavy atom. The van der Waals surface area contributed by atoms with Gasteiger partial charge in [0.15, 0.2) is 0 Å². The van der Waals surface area contributed by atoms with E-state index in [1.165, 1.54) is 25.1 Å². The van der Waals surface area contributed by atoms with Gasteiger partial charge in [-0.15, -0.1) is 0 Å². The monoisotopic (exact) mass is 303 g/mol. The zero-order valence-corrected chi connectivity index (χ0v) is 13.8. The van der Waals surface area contributed by atoms with Gasteiger partial charge >= 0.3 is 0 Å². The minimum absolute atomic E-state index is 0.325. The maximum absolute atomic E-state index is 12.6. The van der Waals surface area contributed by atoms with Crippen LogP contribution in [-0.2, 0) is 17.8 Å². The van der Waals surface area contributed by atoms with Crippen LogP contribution in [0, 0.1) is 11.8 Å². The van der Waals surface area contributed by atoms with Gasteiger partial charge in [-0.2, -0.15) is 0 Å². The fourth-order valence-electron chi connectivity index (χ4n) is 4.04. The van der Waals surface area contributed by atoms with Gasteiger partial charge in [-0.05, 0) is 31.6 Å². The Kier molecular flexibility index (Phi) is 5.16. The first-order valence-electron chi connectivity index (χ1n) is 9.06. The predicted octanol–water partition coefficient (Wildman–Crippen LogP) is 3.26. The Morgan fingerprint density at radius 3 is 2.59 bits per heavy atom. The van der Waals surface area contributed by atoms with Gasteiger partial charge in [-0.1, -0.05) is 26.2 Å². The predicted molar refractivity (Wildman–Crippen MR) is 87.5 cm³/mol. The third-order valence-electron chi connectivity index (χ3n) is 5.45.